The van der Waals surface area contributed by atoms with Gasteiger partial charge in [-0.25, -0.2) is 0 Å². The fourth-order valence-corrected chi connectivity index (χ4v) is 3.87. The van der Waals surface area contributed by atoms with Crippen molar-refractivity contribution in [3.05, 3.63) is 24.3 Å². The first kappa shape index (κ1) is 13.7. The maximum absolute atomic E-state index is 5.99. The van der Waals surface area contributed by atoms with E-state index in [4.69, 9.17) is 5.73 Å². The first-order valence-electron chi connectivity index (χ1n) is 8.05. The van der Waals surface area contributed by atoms with E-state index in [1.54, 1.807) is 0 Å². The number of rotatable bonds is 3. The molecule has 1 fully saturated rings. The molecule has 1 aliphatic heterocycles. The maximum atomic E-state index is 5.99. The summed E-state index contributed by atoms with van der Waals surface area (Å²) in [5, 5.41) is 0. The van der Waals surface area contributed by atoms with E-state index in [0.717, 1.165) is 31.5 Å². The summed E-state index contributed by atoms with van der Waals surface area (Å²) in [5.41, 5.74) is 8.77. The van der Waals surface area contributed by atoms with Crippen LogP contribution >= 0.6 is 0 Å². The molecule has 1 saturated carbocycles. The van der Waals surface area contributed by atoms with Gasteiger partial charge in [-0.2, -0.15) is 0 Å². The highest BCUT2D eigenvalue weighted by Gasteiger charge is 2.28. The van der Waals surface area contributed by atoms with Crippen molar-refractivity contribution in [3.8, 4) is 0 Å². The molecule has 1 heterocycles. The molecule has 0 bridgehead atoms. The summed E-state index contributed by atoms with van der Waals surface area (Å²) in [7, 11) is 2.19. The molecule has 110 valence electrons. The SMILES string of the molecule is CN1CCN(CC2CCCCC2CN)c2ccccc21. The number of para-hydroxylation sites is 2. The summed E-state index contributed by atoms with van der Waals surface area (Å²) in [5.74, 6) is 1.51. The third kappa shape index (κ3) is 2.64. The van der Waals surface area contributed by atoms with Crippen LogP contribution in [0.3, 0.4) is 0 Å². The molecule has 2 atom stereocenters. The molecule has 2 aliphatic rings. The van der Waals surface area contributed by atoms with E-state index in [-0.39, 0.29) is 0 Å². The predicted octanol–water partition coefficient (Wildman–Crippen LogP) is 2.71. The third-order valence-electron chi connectivity index (χ3n) is 5.16. The van der Waals surface area contributed by atoms with E-state index in [9.17, 15) is 0 Å². The average molecular weight is 273 g/mol. The van der Waals surface area contributed by atoms with Gasteiger partial charge in [0.15, 0.2) is 0 Å². The first-order chi connectivity index (χ1) is 9.79. The van der Waals surface area contributed by atoms with Gasteiger partial charge in [-0.3, -0.25) is 0 Å². The number of hydrogen-bond acceptors (Lipinski definition) is 3. The van der Waals surface area contributed by atoms with Crippen molar-refractivity contribution in [2.75, 3.05) is 43.0 Å². The molecule has 20 heavy (non-hydrogen) atoms. The second-order valence-corrected chi connectivity index (χ2v) is 6.40. The van der Waals surface area contributed by atoms with Gasteiger partial charge in [-0.05, 0) is 43.4 Å². The Morgan fingerprint density at radius 1 is 1.05 bits per heavy atom. The maximum Gasteiger partial charge on any atom is 0.0604 e. The normalized spacial score (nSPS) is 26.5. The zero-order valence-electron chi connectivity index (χ0n) is 12.6. The minimum absolute atomic E-state index is 0.732. The number of nitrogens with zero attached hydrogens (tertiary/aromatic N) is 2. The standard InChI is InChI=1S/C17H27N3/c1-19-10-11-20(17-9-5-4-8-16(17)19)13-15-7-3-2-6-14(15)12-18/h4-5,8-9,14-15H,2-3,6-7,10-13,18H2,1H3. The van der Waals surface area contributed by atoms with Crippen molar-refractivity contribution in [2.45, 2.75) is 25.7 Å². The van der Waals surface area contributed by atoms with Crippen LogP contribution in [0.5, 0.6) is 0 Å². The smallest absolute Gasteiger partial charge is 0.0604 e. The molecule has 0 radical (unpaired) electrons. The Labute approximate surface area is 122 Å². The highest BCUT2D eigenvalue weighted by molar-refractivity contribution is 5.73. The second-order valence-electron chi connectivity index (χ2n) is 6.40. The van der Waals surface area contributed by atoms with E-state index in [1.807, 2.05) is 0 Å². The van der Waals surface area contributed by atoms with Crippen molar-refractivity contribution >= 4 is 11.4 Å². The number of nitrogens with two attached hydrogens (primary N) is 1. The number of anilines is 2. The second kappa shape index (κ2) is 6.04. The number of benzene rings is 1. The fraction of sp³-hybridized carbons (Fsp3) is 0.647. The summed E-state index contributed by atoms with van der Waals surface area (Å²) in [6, 6.07) is 8.81. The molecule has 1 aliphatic carbocycles. The Kier molecular flexibility index (Phi) is 4.16. The lowest BCUT2D eigenvalue weighted by atomic mass is 9.79. The Hall–Kier alpha value is -1.22. The van der Waals surface area contributed by atoms with Crippen LogP contribution in [0.1, 0.15) is 25.7 Å². The Balaban J connectivity index is 1.76. The van der Waals surface area contributed by atoms with Gasteiger partial charge < -0.3 is 15.5 Å². The van der Waals surface area contributed by atoms with Crippen LogP contribution in [-0.4, -0.2) is 33.2 Å². The van der Waals surface area contributed by atoms with Gasteiger partial charge in [0.2, 0.25) is 0 Å². The molecule has 3 rings (SSSR count). The largest absolute Gasteiger partial charge is 0.371 e. The Morgan fingerprint density at radius 2 is 1.75 bits per heavy atom. The monoisotopic (exact) mass is 273 g/mol. The summed E-state index contributed by atoms with van der Waals surface area (Å²) in [6.07, 6.45) is 5.45. The molecule has 0 aromatic heterocycles. The third-order valence-corrected chi connectivity index (χ3v) is 5.16. The Bertz CT molecular complexity index is 446. The van der Waals surface area contributed by atoms with E-state index in [2.05, 4.69) is 41.1 Å². The van der Waals surface area contributed by atoms with Crippen LogP contribution in [0.25, 0.3) is 0 Å². The summed E-state index contributed by atoms with van der Waals surface area (Å²) in [6.45, 7) is 4.31. The summed E-state index contributed by atoms with van der Waals surface area (Å²) in [4.78, 5) is 4.96. The van der Waals surface area contributed by atoms with Gasteiger partial charge in [0.25, 0.3) is 0 Å². The van der Waals surface area contributed by atoms with Gasteiger partial charge in [0.05, 0.1) is 11.4 Å². The Morgan fingerprint density at radius 3 is 2.50 bits per heavy atom. The highest BCUT2D eigenvalue weighted by atomic mass is 15.2. The van der Waals surface area contributed by atoms with Crippen LogP contribution in [0.15, 0.2) is 24.3 Å². The van der Waals surface area contributed by atoms with Gasteiger partial charge in [-0.15, -0.1) is 0 Å². The van der Waals surface area contributed by atoms with Crippen molar-refractivity contribution in [1.29, 1.82) is 0 Å². The first-order valence-corrected chi connectivity index (χ1v) is 8.05. The zero-order valence-corrected chi connectivity index (χ0v) is 12.6. The lowest BCUT2D eigenvalue weighted by molar-refractivity contribution is 0.245. The van der Waals surface area contributed by atoms with Crippen LogP contribution < -0.4 is 15.5 Å². The molecular weight excluding hydrogens is 246 g/mol. The van der Waals surface area contributed by atoms with Crippen LogP contribution in [0.2, 0.25) is 0 Å². The number of fused-ring (bicyclic) bond motifs is 1. The molecule has 1 aromatic carbocycles. The van der Waals surface area contributed by atoms with Crippen LogP contribution in [0.4, 0.5) is 11.4 Å². The molecule has 0 amide bonds. The van der Waals surface area contributed by atoms with E-state index >= 15 is 0 Å². The van der Waals surface area contributed by atoms with Gasteiger partial charge in [0, 0.05) is 26.7 Å². The number of likely N-dealkylation sites (N-methyl/N-ethyl adjacent to an activating group) is 1. The molecule has 3 nitrogen and oxygen atoms in total. The van der Waals surface area contributed by atoms with Gasteiger partial charge in [-0.1, -0.05) is 25.0 Å². The topological polar surface area (TPSA) is 32.5 Å². The van der Waals surface area contributed by atoms with E-state index in [1.165, 1.54) is 43.6 Å². The molecule has 2 N–H and O–H groups in total. The van der Waals surface area contributed by atoms with Crippen molar-refractivity contribution in [1.82, 2.24) is 0 Å². The predicted molar refractivity (Wildman–Crippen MR) is 86.4 cm³/mol. The van der Waals surface area contributed by atoms with Crippen molar-refractivity contribution in [2.24, 2.45) is 17.6 Å². The van der Waals surface area contributed by atoms with Crippen LogP contribution in [-0.2, 0) is 0 Å². The van der Waals surface area contributed by atoms with Gasteiger partial charge >= 0.3 is 0 Å². The van der Waals surface area contributed by atoms with Crippen molar-refractivity contribution < 1.29 is 0 Å². The van der Waals surface area contributed by atoms with E-state index < -0.39 is 0 Å². The summed E-state index contributed by atoms with van der Waals surface area (Å²) < 4.78 is 0. The molecule has 0 saturated heterocycles. The molecular formula is C17H27N3. The molecule has 0 spiro atoms. The molecule has 3 heteroatoms. The lowest BCUT2D eigenvalue weighted by Gasteiger charge is -2.41. The quantitative estimate of drug-likeness (QED) is 0.919. The highest BCUT2D eigenvalue weighted by Crippen LogP contribution is 2.35. The zero-order chi connectivity index (χ0) is 13.9. The van der Waals surface area contributed by atoms with Crippen LogP contribution in [0, 0.1) is 11.8 Å². The molecule has 1 aromatic rings. The average Bonchev–Trinajstić information content (AvgIpc) is 2.51. The van der Waals surface area contributed by atoms with E-state index in [0.29, 0.717) is 0 Å². The number of hydrogen-bond donors (Lipinski definition) is 1. The summed E-state index contributed by atoms with van der Waals surface area (Å²) >= 11 is 0. The van der Waals surface area contributed by atoms with Gasteiger partial charge in [0.1, 0.15) is 0 Å². The minimum Gasteiger partial charge on any atom is -0.371 e. The van der Waals surface area contributed by atoms with Crippen molar-refractivity contribution in [3.63, 3.8) is 0 Å². The lowest BCUT2D eigenvalue weighted by Crippen LogP contribution is -2.44. The minimum atomic E-state index is 0.732. The molecule has 2 unspecified atom stereocenters. The fourth-order valence-electron chi connectivity index (χ4n) is 3.87.